The second-order valence-electron chi connectivity index (χ2n) is 6.55. The second-order valence-corrected chi connectivity index (χ2v) is 6.55. The van der Waals surface area contributed by atoms with Crippen LogP contribution in [0.15, 0.2) is 6.33 Å². The number of hydrogen-bond donors (Lipinski definition) is 1. The fraction of sp³-hybridized carbons (Fsp3) is 0.733. The fourth-order valence-corrected chi connectivity index (χ4v) is 2.58. The molecule has 0 radical (unpaired) electrons. The number of aryl methyl sites for hydroxylation is 1. The highest BCUT2D eigenvalue weighted by Crippen LogP contribution is 2.24. The first kappa shape index (κ1) is 15.0. The number of nitrogens with zero attached hydrogens (tertiary/aromatic N) is 2. The Bertz CT molecular complexity index is 488. The summed E-state index contributed by atoms with van der Waals surface area (Å²) in [5, 5.41) is 0. The van der Waals surface area contributed by atoms with E-state index in [9.17, 15) is 4.79 Å². The number of ether oxygens (including phenoxy) is 1. The van der Waals surface area contributed by atoms with E-state index >= 15 is 0 Å². The highest BCUT2D eigenvalue weighted by atomic mass is 16.6. The van der Waals surface area contributed by atoms with E-state index in [-0.39, 0.29) is 12.0 Å². The van der Waals surface area contributed by atoms with Gasteiger partial charge < -0.3 is 15.0 Å². The SMILES string of the molecule is CC(C(N)C(=O)OC(C)(C)C)n1cnc2c1CCCC2. The zero-order chi connectivity index (χ0) is 14.9. The smallest absolute Gasteiger partial charge is 0.325 e. The molecule has 1 aliphatic carbocycles. The Morgan fingerprint density at radius 1 is 1.40 bits per heavy atom. The molecular formula is C15H25N3O2. The molecular weight excluding hydrogens is 254 g/mol. The maximum absolute atomic E-state index is 12.1. The largest absolute Gasteiger partial charge is 0.459 e. The normalized spacial score (nSPS) is 18.2. The molecule has 5 nitrogen and oxygen atoms in total. The molecule has 0 amide bonds. The van der Waals surface area contributed by atoms with Crippen LogP contribution in [0, 0.1) is 0 Å². The highest BCUT2D eigenvalue weighted by molar-refractivity contribution is 5.76. The molecule has 112 valence electrons. The number of carbonyl (C=O) groups excluding carboxylic acids is 1. The molecule has 0 saturated heterocycles. The number of esters is 1. The van der Waals surface area contributed by atoms with E-state index in [1.54, 1.807) is 0 Å². The predicted molar refractivity (Wildman–Crippen MR) is 77.4 cm³/mol. The molecule has 0 aliphatic heterocycles. The number of hydrogen-bond acceptors (Lipinski definition) is 4. The van der Waals surface area contributed by atoms with Gasteiger partial charge in [-0.05, 0) is 53.4 Å². The van der Waals surface area contributed by atoms with Crippen molar-refractivity contribution in [2.24, 2.45) is 5.73 Å². The molecule has 0 saturated carbocycles. The van der Waals surface area contributed by atoms with Crippen molar-refractivity contribution in [3.05, 3.63) is 17.7 Å². The van der Waals surface area contributed by atoms with Crippen molar-refractivity contribution in [3.63, 3.8) is 0 Å². The Morgan fingerprint density at radius 3 is 2.70 bits per heavy atom. The van der Waals surface area contributed by atoms with Crippen molar-refractivity contribution in [1.29, 1.82) is 0 Å². The summed E-state index contributed by atoms with van der Waals surface area (Å²) in [5.41, 5.74) is 7.94. The van der Waals surface area contributed by atoms with E-state index < -0.39 is 11.6 Å². The molecule has 0 fully saturated rings. The maximum atomic E-state index is 12.1. The Hall–Kier alpha value is -1.36. The van der Waals surface area contributed by atoms with Crippen LogP contribution in [0.25, 0.3) is 0 Å². The van der Waals surface area contributed by atoms with Gasteiger partial charge in [-0.25, -0.2) is 4.98 Å². The summed E-state index contributed by atoms with van der Waals surface area (Å²) in [7, 11) is 0. The molecule has 1 heterocycles. The maximum Gasteiger partial charge on any atom is 0.325 e. The lowest BCUT2D eigenvalue weighted by molar-refractivity contribution is -0.157. The van der Waals surface area contributed by atoms with E-state index in [0.717, 1.165) is 18.5 Å². The van der Waals surface area contributed by atoms with Crippen molar-refractivity contribution in [2.45, 2.75) is 71.1 Å². The van der Waals surface area contributed by atoms with Crippen LogP contribution >= 0.6 is 0 Å². The molecule has 1 aliphatic rings. The Balaban J connectivity index is 2.12. The van der Waals surface area contributed by atoms with E-state index in [1.165, 1.54) is 18.5 Å². The topological polar surface area (TPSA) is 70.1 Å². The zero-order valence-electron chi connectivity index (χ0n) is 12.8. The Morgan fingerprint density at radius 2 is 2.05 bits per heavy atom. The quantitative estimate of drug-likeness (QED) is 0.859. The molecule has 0 bridgehead atoms. The molecule has 1 aromatic heterocycles. The number of aromatic nitrogens is 2. The van der Waals surface area contributed by atoms with Crippen LogP contribution in [-0.4, -0.2) is 27.2 Å². The van der Waals surface area contributed by atoms with Crippen molar-refractivity contribution in [1.82, 2.24) is 9.55 Å². The van der Waals surface area contributed by atoms with Crippen LogP contribution < -0.4 is 5.73 Å². The van der Waals surface area contributed by atoms with Crippen LogP contribution in [0.5, 0.6) is 0 Å². The number of imidazole rings is 1. The highest BCUT2D eigenvalue weighted by Gasteiger charge is 2.29. The summed E-state index contributed by atoms with van der Waals surface area (Å²) in [5.74, 6) is -0.358. The average Bonchev–Trinajstić information content (AvgIpc) is 2.78. The molecule has 0 spiro atoms. The average molecular weight is 279 g/mol. The number of fused-ring (bicyclic) bond motifs is 1. The van der Waals surface area contributed by atoms with E-state index in [0.29, 0.717) is 0 Å². The molecule has 2 atom stereocenters. The molecule has 0 aromatic carbocycles. The monoisotopic (exact) mass is 279 g/mol. The second kappa shape index (κ2) is 5.56. The van der Waals surface area contributed by atoms with Crippen LogP contribution in [0.4, 0.5) is 0 Å². The molecule has 2 unspecified atom stereocenters. The third-order valence-corrected chi connectivity index (χ3v) is 3.70. The lowest BCUT2D eigenvalue weighted by Gasteiger charge is -2.27. The lowest BCUT2D eigenvalue weighted by Crippen LogP contribution is -2.42. The van der Waals surface area contributed by atoms with Crippen molar-refractivity contribution in [3.8, 4) is 0 Å². The van der Waals surface area contributed by atoms with Gasteiger partial charge in [0.25, 0.3) is 0 Å². The molecule has 5 heteroatoms. The van der Waals surface area contributed by atoms with Gasteiger partial charge in [-0.2, -0.15) is 0 Å². The van der Waals surface area contributed by atoms with E-state index in [4.69, 9.17) is 10.5 Å². The number of carbonyl (C=O) groups is 1. The summed E-state index contributed by atoms with van der Waals surface area (Å²) in [6.45, 7) is 7.50. The first-order valence-corrected chi connectivity index (χ1v) is 7.32. The summed E-state index contributed by atoms with van der Waals surface area (Å²) >= 11 is 0. The van der Waals surface area contributed by atoms with Crippen molar-refractivity contribution < 1.29 is 9.53 Å². The van der Waals surface area contributed by atoms with Crippen molar-refractivity contribution in [2.75, 3.05) is 0 Å². The summed E-state index contributed by atoms with van der Waals surface area (Å²) in [4.78, 5) is 16.5. The van der Waals surface area contributed by atoms with Gasteiger partial charge in [0.05, 0.1) is 18.1 Å². The van der Waals surface area contributed by atoms with Crippen molar-refractivity contribution >= 4 is 5.97 Å². The van der Waals surface area contributed by atoms with Crippen LogP contribution in [0.1, 0.15) is 58.0 Å². The lowest BCUT2D eigenvalue weighted by atomic mass is 10.00. The van der Waals surface area contributed by atoms with Gasteiger partial charge >= 0.3 is 5.97 Å². The predicted octanol–water partition coefficient (Wildman–Crippen LogP) is 1.99. The first-order chi connectivity index (χ1) is 9.29. The minimum absolute atomic E-state index is 0.140. The summed E-state index contributed by atoms with van der Waals surface area (Å²) in [6.07, 6.45) is 6.21. The fourth-order valence-electron chi connectivity index (χ4n) is 2.58. The third-order valence-electron chi connectivity index (χ3n) is 3.70. The summed E-state index contributed by atoms with van der Waals surface area (Å²) in [6, 6.07) is -0.811. The minimum atomic E-state index is -0.672. The minimum Gasteiger partial charge on any atom is -0.459 e. The van der Waals surface area contributed by atoms with Crippen LogP contribution in [-0.2, 0) is 22.4 Å². The first-order valence-electron chi connectivity index (χ1n) is 7.32. The van der Waals surface area contributed by atoms with Gasteiger partial charge in [-0.15, -0.1) is 0 Å². The van der Waals surface area contributed by atoms with Gasteiger partial charge in [0.2, 0.25) is 0 Å². The Labute approximate surface area is 120 Å². The zero-order valence-corrected chi connectivity index (χ0v) is 12.8. The Kier molecular flexibility index (Phi) is 4.18. The van der Waals surface area contributed by atoms with Gasteiger partial charge in [0.1, 0.15) is 11.6 Å². The van der Waals surface area contributed by atoms with Gasteiger partial charge in [-0.1, -0.05) is 0 Å². The van der Waals surface area contributed by atoms with Gasteiger partial charge in [0, 0.05) is 5.69 Å². The molecule has 2 N–H and O–H groups in total. The molecule has 1 aromatic rings. The number of rotatable bonds is 3. The van der Waals surface area contributed by atoms with Gasteiger partial charge in [-0.3, -0.25) is 4.79 Å². The van der Waals surface area contributed by atoms with Crippen LogP contribution in [0.3, 0.4) is 0 Å². The number of nitrogens with two attached hydrogens (primary N) is 1. The molecule has 20 heavy (non-hydrogen) atoms. The summed E-state index contributed by atoms with van der Waals surface area (Å²) < 4.78 is 7.41. The standard InChI is InChI=1S/C15H25N3O2/c1-10(13(16)14(19)20-15(2,3)4)18-9-17-11-7-5-6-8-12(11)18/h9-10,13H,5-8,16H2,1-4H3. The van der Waals surface area contributed by atoms with Gasteiger partial charge in [0.15, 0.2) is 0 Å². The third kappa shape index (κ3) is 3.20. The molecule has 2 rings (SSSR count). The van der Waals surface area contributed by atoms with E-state index in [1.807, 2.05) is 38.6 Å². The van der Waals surface area contributed by atoms with E-state index in [2.05, 4.69) is 4.98 Å². The van der Waals surface area contributed by atoms with Crippen LogP contribution in [0.2, 0.25) is 0 Å².